The first-order chi connectivity index (χ1) is 13.4. The number of sulfone groups is 1. The van der Waals surface area contributed by atoms with Gasteiger partial charge in [-0.05, 0) is 92.4 Å². The van der Waals surface area contributed by atoms with Gasteiger partial charge in [0.25, 0.3) is 0 Å². The predicted octanol–water partition coefficient (Wildman–Crippen LogP) is 4.92. The Morgan fingerprint density at radius 3 is 2.45 bits per heavy atom. The van der Waals surface area contributed by atoms with E-state index in [4.69, 9.17) is 4.84 Å². The number of nitrogens with zero attached hydrogens (tertiary/aromatic N) is 2. The van der Waals surface area contributed by atoms with Crippen LogP contribution in [0.25, 0.3) is 0 Å². The Kier molecular flexibility index (Phi) is 7.91. The second-order valence-corrected chi connectivity index (χ2v) is 12.3. The number of hydrogen-bond acceptors (Lipinski definition) is 5. The summed E-state index contributed by atoms with van der Waals surface area (Å²) in [6, 6.07) is 8.78. The smallest absolute Gasteiger partial charge is 0.183 e. The molecule has 1 atom stereocenters. The molecule has 1 unspecified atom stereocenters. The van der Waals surface area contributed by atoms with Crippen LogP contribution < -0.4 is 0 Å². The molecule has 6 heteroatoms. The van der Waals surface area contributed by atoms with Crippen molar-refractivity contribution in [3.63, 3.8) is 0 Å². The molecule has 1 aromatic carbocycles. The summed E-state index contributed by atoms with van der Waals surface area (Å²) in [5.41, 5.74) is 0.780. The van der Waals surface area contributed by atoms with Crippen LogP contribution >= 0.6 is 0 Å². The van der Waals surface area contributed by atoms with Gasteiger partial charge in [0.1, 0.15) is 5.60 Å². The highest BCUT2D eigenvalue weighted by molar-refractivity contribution is 7.92. The number of oxime groups is 1. The zero-order valence-corrected chi connectivity index (χ0v) is 19.8. The maximum Gasteiger partial charge on any atom is 0.183 e. The van der Waals surface area contributed by atoms with E-state index in [2.05, 4.69) is 17.0 Å². The molecule has 0 saturated carbocycles. The zero-order valence-electron chi connectivity index (χ0n) is 18.9. The maximum atomic E-state index is 13.0. The SMILES string of the molecule is CC(=NOC(C)(C)C)C1CCCN(CCCC(C)(C)S(=O)(=O)c2ccccc2)C1. The molecule has 0 aliphatic carbocycles. The third-order valence-electron chi connectivity index (χ3n) is 5.59. The van der Waals surface area contributed by atoms with Gasteiger partial charge in [0.2, 0.25) is 0 Å². The highest BCUT2D eigenvalue weighted by Gasteiger charge is 2.35. The molecule has 5 nitrogen and oxygen atoms in total. The summed E-state index contributed by atoms with van der Waals surface area (Å²) in [4.78, 5) is 8.44. The van der Waals surface area contributed by atoms with Crippen molar-refractivity contribution in [2.75, 3.05) is 19.6 Å². The van der Waals surface area contributed by atoms with Gasteiger partial charge >= 0.3 is 0 Å². The summed E-state index contributed by atoms with van der Waals surface area (Å²) >= 11 is 0. The largest absolute Gasteiger partial charge is 0.390 e. The molecule has 0 N–H and O–H groups in total. The highest BCUT2D eigenvalue weighted by Crippen LogP contribution is 2.30. The van der Waals surface area contributed by atoms with Gasteiger partial charge < -0.3 is 9.74 Å². The molecule has 2 rings (SSSR count). The van der Waals surface area contributed by atoms with Gasteiger partial charge in [-0.3, -0.25) is 0 Å². The quantitative estimate of drug-likeness (QED) is 0.441. The molecule has 1 aliphatic rings. The third-order valence-corrected chi connectivity index (χ3v) is 8.15. The number of rotatable bonds is 8. The molecule has 0 aromatic heterocycles. The van der Waals surface area contributed by atoms with Crippen molar-refractivity contribution in [2.45, 2.75) is 82.5 Å². The molecule has 1 aliphatic heterocycles. The monoisotopic (exact) mass is 422 g/mol. The van der Waals surface area contributed by atoms with Crippen LogP contribution in [0.3, 0.4) is 0 Å². The fourth-order valence-corrected chi connectivity index (χ4v) is 5.23. The number of likely N-dealkylation sites (tertiary alicyclic amines) is 1. The lowest BCUT2D eigenvalue weighted by atomic mass is 9.93. The van der Waals surface area contributed by atoms with Crippen molar-refractivity contribution in [3.8, 4) is 0 Å². The molecule has 1 aromatic rings. The molecule has 1 fully saturated rings. The molecule has 29 heavy (non-hydrogen) atoms. The standard InChI is InChI=1S/C23H38N2O3S/c1-19(24-28-22(2,3)4)20-12-10-16-25(18-20)17-11-15-23(5,6)29(26,27)21-13-8-7-9-14-21/h7-9,13-14,20H,10-12,15-18H2,1-6H3. The van der Waals surface area contributed by atoms with E-state index in [9.17, 15) is 8.42 Å². The van der Waals surface area contributed by atoms with Crippen molar-refractivity contribution in [3.05, 3.63) is 30.3 Å². The summed E-state index contributed by atoms with van der Waals surface area (Å²) in [6.45, 7) is 14.7. The first-order valence-electron chi connectivity index (χ1n) is 10.7. The summed E-state index contributed by atoms with van der Waals surface area (Å²) in [5, 5.41) is 4.35. The third kappa shape index (κ3) is 6.82. The van der Waals surface area contributed by atoms with E-state index >= 15 is 0 Å². The van der Waals surface area contributed by atoms with E-state index in [1.54, 1.807) is 24.3 Å². The van der Waals surface area contributed by atoms with E-state index in [0.717, 1.165) is 44.6 Å². The number of benzene rings is 1. The zero-order chi connectivity index (χ0) is 21.7. The Morgan fingerprint density at radius 2 is 1.83 bits per heavy atom. The van der Waals surface area contributed by atoms with Gasteiger partial charge in [0, 0.05) is 12.5 Å². The lowest BCUT2D eigenvalue weighted by Crippen LogP contribution is -2.40. The van der Waals surface area contributed by atoms with E-state index in [-0.39, 0.29) is 5.60 Å². The molecular weight excluding hydrogens is 384 g/mol. The van der Waals surface area contributed by atoms with Crippen molar-refractivity contribution in [1.29, 1.82) is 0 Å². The van der Waals surface area contributed by atoms with Gasteiger partial charge in [0.15, 0.2) is 9.84 Å². The highest BCUT2D eigenvalue weighted by atomic mass is 32.2. The van der Waals surface area contributed by atoms with E-state index in [1.165, 1.54) is 0 Å². The lowest BCUT2D eigenvalue weighted by molar-refractivity contribution is -0.000555. The van der Waals surface area contributed by atoms with Gasteiger partial charge in [-0.2, -0.15) is 0 Å². The Morgan fingerprint density at radius 1 is 1.17 bits per heavy atom. The Bertz CT molecular complexity index is 780. The topological polar surface area (TPSA) is 59.0 Å². The Balaban J connectivity index is 1.89. The Labute approximate surface area is 177 Å². The van der Waals surface area contributed by atoms with Crippen molar-refractivity contribution >= 4 is 15.5 Å². The van der Waals surface area contributed by atoms with Gasteiger partial charge in [0.05, 0.1) is 15.4 Å². The van der Waals surface area contributed by atoms with E-state index < -0.39 is 14.6 Å². The molecule has 0 amide bonds. The van der Waals surface area contributed by atoms with E-state index in [0.29, 0.717) is 17.2 Å². The van der Waals surface area contributed by atoms with E-state index in [1.807, 2.05) is 40.7 Å². The molecule has 164 valence electrons. The molecule has 1 saturated heterocycles. The second kappa shape index (κ2) is 9.61. The van der Waals surface area contributed by atoms with Crippen LogP contribution in [0, 0.1) is 5.92 Å². The second-order valence-electron chi connectivity index (χ2n) is 9.76. The fraction of sp³-hybridized carbons (Fsp3) is 0.696. The minimum atomic E-state index is -3.34. The maximum absolute atomic E-state index is 13.0. The molecule has 0 bridgehead atoms. The normalized spacial score (nSPS) is 19.9. The van der Waals surface area contributed by atoms with Crippen LogP contribution in [-0.2, 0) is 14.7 Å². The molecule has 0 radical (unpaired) electrons. The van der Waals surface area contributed by atoms with Crippen LogP contribution in [-0.4, -0.2) is 49.0 Å². The van der Waals surface area contributed by atoms with Crippen LogP contribution in [0.2, 0.25) is 0 Å². The van der Waals surface area contributed by atoms with Crippen molar-refractivity contribution in [2.24, 2.45) is 11.1 Å². The molecular formula is C23H38N2O3S. The summed E-state index contributed by atoms with van der Waals surface area (Å²) in [7, 11) is -3.34. The summed E-state index contributed by atoms with van der Waals surface area (Å²) in [5.74, 6) is 0.409. The van der Waals surface area contributed by atoms with Crippen LogP contribution in [0.5, 0.6) is 0 Å². The first kappa shape index (κ1) is 23.9. The summed E-state index contributed by atoms with van der Waals surface area (Å²) in [6.07, 6.45) is 3.78. The fourth-order valence-electron chi connectivity index (χ4n) is 3.66. The number of piperidine rings is 1. The van der Waals surface area contributed by atoms with Crippen LogP contribution in [0.4, 0.5) is 0 Å². The summed E-state index contributed by atoms with van der Waals surface area (Å²) < 4.78 is 25.2. The predicted molar refractivity (Wildman–Crippen MR) is 120 cm³/mol. The Hall–Kier alpha value is -1.40. The van der Waals surface area contributed by atoms with Gasteiger partial charge in [-0.15, -0.1) is 0 Å². The average molecular weight is 423 g/mol. The van der Waals surface area contributed by atoms with Crippen LogP contribution in [0.15, 0.2) is 40.4 Å². The number of hydrogen-bond donors (Lipinski definition) is 0. The minimum Gasteiger partial charge on any atom is -0.390 e. The van der Waals surface area contributed by atoms with Gasteiger partial charge in [-0.1, -0.05) is 23.4 Å². The minimum absolute atomic E-state index is 0.272. The van der Waals surface area contributed by atoms with Crippen LogP contribution in [0.1, 0.15) is 67.2 Å². The first-order valence-corrected chi connectivity index (χ1v) is 12.2. The van der Waals surface area contributed by atoms with Crippen molar-refractivity contribution < 1.29 is 13.3 Å². The van der Waals surface area contributed by atoms with Crippen molar-refractivity contribution in [1.82, 2.24) is 4.90 Å². The molecule has 0 spiro atoms. The molecule has 1 heterocycles. The average Bonchev–Trinajstić information content (AvgIpc) is 2.66. The lowest BCUT2D eigenvalue weighted by Gasteiger charge is -2.33. The van der Waals surface area contributed by atoms with Gasteiger partial charge in [-0.25, -0.2) is 8.42 Å².